The monoisotopic (exact) mass is 273 g/mol. The van der Waals surface area contributed by atoms with Crippen molar-refractivity contribution in [2.24, 2.45) is 5.92 Å². The molecule has 1 atom stereocenters. The molecule has 5 nitrogen and oxygen atoms in total. The summed E-state index contributed by atoms with van der Waals surface area (Å²) in [5.41, 5.74) is 1.72. The minimum Gasteiger partial charge on any atom is -0.396 e. The molecule has 1 aliphatic heterocycles. The minimum atomic E-state index is -0.0772. The number of benzene rings is 1. The lowest BCUT2D eigenvalue weighted by molar-refractivity contribution is 0.219. The first-order chi connectivity index (χ1) is 9.67. The van der Waals surface area contributed by atoms with Gasteiger partial charge in [-0.3, -0.25) is 9.69 Å². The number of hydrogen-bond donors (Lipinski definition) is 2. The van der Waals surface area contributed by atoms with Gasteiger partial charge in [-0.1, -0.05) is 12.1 Å². The summed E-state index contributed by atoms with van der Waals surface area (Å²) in [7, 11) is 0. The first-order valence-corrected chi connectivity index (χ1v) is 6.99. The number of nitrogens with one attached hydrogen (secondary N) is 1. The van der Waals surface area contributed by atoms with Gasteiger partial charge in [-0.15, -0.1) is 0 Å². The van der Waals surface area contributed by atoms with Crippen molar-refractivity contribution in [3.05, 3.63) is 39.9 Å². The molecule has 0 saturated carbocycles. The van der Waals surface area contributed by atoms with Crippen LogP contribution in [0.4, 0.5) is 0 Å². The van der Waals surface area contributed by atoms with Gasteiger partial charge < -0.3 is 10.1 Å². The molecule has 0 aliphatic carbocycles. The summed E-state index contributed by atoms with van der Waals surface area (Å²) in [4.78, 5) is 21.8. The highest BCUT2D eigenvalue weighted by Crippen LogP contribution is 2.18. The summed E-state index contributed by atoms with van der Waals surface area (Å²) >= 11 is 0. The number of hydrogen-bond acceptors (Lipinski definition) is 4. The standard InChI is InChI=1S/C15H19N3O2/c1-10-3-2-4-12-14(10)16-13(17-15(12)20)8-18-6-5-11(7-18)9-19/h2-4,11,19H,5-9H2,1H3,(H,16,17,20). The molecule has 20 heavy (non-hydrogen) atoms. The number of para-hydroxylation sites is 1. The number of nitrogens with zero attached hydrogens (tertiary/aromatic N) is 2. The quantitative estimate of drug-likeness (QED) is 0.877. The van der Waals surface area contributed by atoms with Crippen molar-refractivity contribution in [1.29, 1.82) is 0 Å². The highest BCUT2D eigenvalue weighted by molar-refractivity contribution is 5.80. The van der Waals surface area contributed by atoms with Crippen LogP contribution >= 0.6 is 0 Å². The molecular formula is C15H19N3O2. The number of H-pyrrole nitrogens is 1. The summed E-state index contributed by atoms with van der Waals surface area (Å²) in [5.74, 6) is 1.05. The fourth-order valence-corrected chi connectivity index (χ4v) is 2.84. The van der Waals surface area contributed by atoms with E-state index in [1.54, 1.807) is 6.07 Å². The summed E-state index contributed by atoms with van der Waals surface area (Å²) in [6.07, 6.45) is 1.01. The zero-order valence-corrected chi connectivity index (χ0v) is 11.6. The van der Waals surface area contributed by atoms with Gasteiger partial charge in [-0.25, -0.2) is 4.98 Å². The van der Waals surface area contributed by atoms with Crippen molar-refractivity contribution in [2.75, 3.05) is 19.7 Å². The lowest BCUT2D eigenvalue weighted by Crippen LogP contribution is -2.24. The van der Waals surface area contributed by atoms with E-state index in [1.165, 1.54) is 0 Å². The third kappa shape index (κ3) is 2.46. The molecule has 0 radical (unpaired) electrons. The van der Waals surface area contributed by atoms with Crippen LogP contribution in [0, 0.1) is 12.8 Å². The molecule has 2 heterocycles. The van der Waals surface area contributed by atoms with Gasteiger partial charge in [0.2, 0.25) is 0 Å². The van der Waals surface area contributed by atoms with Crippen molar-refractivity contribution in [3.8, 4) is 0 Å². The topological polar surface area (TPSA) is 69.2 Å². The van der Waals surface area contributed by atoms with Gasteiger partial charge in [0.15, 0.2) is 0 Å². The Labute approximate surface area is 117 Å². The first-order valence-electron chi connectivity index (χ1n) is 6.99. The van der Waals surface area contributed by atoms with Crippen LogP contribution in [0.15, 0.2) is 23.0 Å². The Morgan fingerprint density at radius 1 is 1.50 bits per heavy atom. The zero-order chi connectivity index (χ0) is 14.1. The normalized spacial score (nSPS) is 19.8. The van der Waals surface area contributed by atoms with Crippen molar-refractivity contribution >= 4 is 10.9 Å². The fraction of sp³-hybridized carbons (Fsp3) is 0.467. The molecule has 1 fully saturated rings. The second kappa shape index (κ2) is 5.34. The van der Waals surface area contributed by atoms with E-state index >= 15 is 0 Å². The van der Waals surface area contributed by atoms with Gasteiger partial charge >= 0.3 is 0 Å². The number of aromatic nitrogens is 2. The van der Waals surface area contributed by atoms with E-state index in [2.05, 4.69) is 14.9 Å². The molecule has 1 unspecified atom stereocenters. The van der Waals surface area contributed by atoms with E-state index in [9.17, 15) is 9.90 Å². The molecular weight excluding hydrogens is 254 g/mol. The average Bonchev–Trinajstić information content (AvgIpc) is 2.88. The van der Waals surface area contributed by atoms with E-state index in [0.29, 0.717) is 23.7 Å². The smallest absolute Gasteiger partial charge is 0.258 e. The maximum atomic E-state index is 12.1. The number of fused-ring (bicyclic) bond motifs is 1. The largest absolute Gasteiger partial charge is 0.396 e. The summed E-state index contributed by atoms with van der Waals surface area (Å²) in [6.45, 7) is 4.65. The van der Waals surface area contributed by atoms with Crippen molar-refractivity contribution in [3.63, 3.8) is 0 Å². The zero-order valence-electron chi connectivity index (χ0n) is 11.6. The molecule has 0 amide bonds. The molecule has 106 valence electrons. The lowest BCUT2D eigenvalue weighted by Gasteiger charge is -2.15. The molecule has 2 N–H and O–H groups in total. The number of rotatable bonds is 3. The molecule has 0 bridgehead atoms. The van der Waals surface area contributed by atoms with Crippen LogP contribution in [-0.2, 0) is 6.54 Å². The Hall–Kier alpha value is -1.72. The summed E-state index contributed by atoms with van der Waals surface area (Å²) in [5, 5.41) is 9.81. The van der Waals surface area contributed by atoms with Crippen LogP contribution in [0.1, 0.15) is 17.8 Å². The molecule has 1 aliphatic rings. The van der Waals surface area contributed by atoms with Crippen LogP contribution in [0.5, 0.6) is 0 Å². The van der Waals surface area contributed by atoms with E-state index in [1.807, 2.05) is 19.1 Å². The third-order valence-electron chi connectivity index (χ3n) is 3.99. The SMILES string of the molecule is Cc1cccc2c(=O)[nH]c(CN3CCC(CO)C3)nc12. The predicted molar refractivity (Wildman–Crippen MR) is 77.6 cm³/mol. The van der Waals surface area contributed by atoms with Gasteiger partial charge in [0, 0.05) is 13.2 Å². The number of likely N-dealkylation sites (tertiary alicyclic amines) is 1. The van der Waals surface area contributed by atoms with Gasteiger partial charge in [-0.05, 0) is 37.4 Å². The number of aromatic amines is 1. The predicted octanol–water partition coefficient (Wildman–Crippen LogP) is 1.05. The molecule has 2 aromatic rings. The summed E-state index contributed by atoms with van der Waals surface area (Å²) in [6, 6.07) is 5.65. The Bertz CT molecular complexity index is 680. The van der Waals surface area contributed by atoms with Gasteiger partial charge in [-0.2, -0.15) is 0 Å². The molecule has 5 heteroatoms. The second-order valence-electron chi connectivity index (χ2n) is 5.56. The Morgan fingerprint density at radius 2 is 2.35 bits per heavy atom. The highest BCUT2D eigenvalue weighted by atomic mass is 16.3. The van der Waals surface area contributed by atoms with Gasteiger partial charge in [0.25, 0.3) is 5.56 Å². The lowest BCUT2D eigenvalue weighted by atomic mass is 10.1. The molecule has 1 aromatic heterocycles. The fourth-order valence-electron chi connectivity index (χ4n) is 2.84. The first kappa shape index (κ1) is 13.3. The Kier molecular flexibility index (Phi) is 3.54. The second-order valence-corrected chi connectivity index (χ2v) is 5.56. The maximum absolute atomic E-state index is 12.1. The Morgan fingerprint density at radius 3 is 3.10 bits per heavy atom. The highest BCUT2D eigenvalue weighted by Gasteiger charge is 2.22. The number of aliphatic hydroxyl groups excluding tert-OH is 1. The summed E-state index contributed by atoms with van der Waals surface area (Å²) < 4.78 is 0. The van der Waals surface area contributed by atoms with E-state index < -0.39 is 0 Å². The van der Waals surface area contributed by atoms with Crippen molar-refractivity contribution < 1.29 is 5.11 Å². The minimum absolute atomic E-state index is 0.0772. The number of aliphatic hydroxyl groups is 1. The third-order valence-corrected chi connectivity index (χ3v) is 3.99. The molecule has 3 rings (SSSR count). The van der Waals surface area contributed by atoms with Crippen LogP contribution in [-0.4, -0.2) is 39.7 Å². The van der Waals surface area contributed by atoms with E-state index in [-0.39, 0.29) is 12.2 Å². The van der Waals surface area contributed by atoms with E-state index in [0.717, 1.165) is 30.6 Å². The average molecular weight is 273 g/mol. The van der Waals surface area contributed by atoms with Crippen LogP contribution in [0.2, 0.25) is 0 Å². The molecule has 0 spiro atoms. The number of aryl methyl sites for hydroxylation is 1. The van der Waals surface area contributed by atoms with E-state index in [4.69, 9.17) is 0 Å². The maximum Gasteiger partial charge on any atom is 0.258 e. The Balaban J connectivity index is 1.89. The van der Waals surface area contributed by atoms with Gasteiger partial charge in [0.1, 0.15) is 5.82 Å². The van der Waals surface area contributed by atoms with Crippen LogP contribution in [0.3, 0.4) is 0 Å². The van der Waals surface area contributed by atoms with Crippen molar-refractivity contribution in [1.82, 2.24) is 14.9 Å². The van der Waals surface area contributed by atoms with Crippen LogP contribution in [0.25, 0.3) is 10.9 Å². The molecule has 1 saturated heterocycles. The molecule has 1 aromatic carbocycles. The van der Waals surface area contributed by atoms with Gasteiger partial charge in [0.05, 0.1) is 17.4 Å². The van der Waals surface area contributed by atoms with Crippen molar-refractivity contribution in [2.45, 2.75) is 19.9 Å². The van der Waals surface area contributed by atoms with Crippen LogP contribution < -0.4 is 5.56 Å².